The van der Waals surface area contributed by atoms with Gasteiger partial charge >= 0.3 is 0 Å². The molecule has 5 nitrogen and oxygen atoms in total. The molecule has 0 aliphatic heterocycles. The molecule has 1 aromatic heterocycles. The third-order valence-corrected chi connectivity index (χ3v) is 4.29. The summed E-state index contributed by atoms with van der Waals surface area (Å²) in [6, 6.07) is 8.40. The van der Waals surface area contributed by atoms with Crippen molar-refractivity contribution in [2.75, 3.05) is 5.32 Å². The van der Waals surface area contributed by atoms with Crippen LogP contribution in [-0.2, 0) is 7.05 Å². The van der Waals surface area contributed by atoms with Crippen LogP contribution >= 0.6 is 23.2 Å². The molecule has 8 heteroatoms. The van der Waals surface area contributed by atoms with E-state index in [1.807, 2.05) is 0 Å². The third-order valence-electron chi connectivity index (χ3n) is 3.68. The summed E-state index contributed by atoms with van der Waals surface area (Å²) in [5.41, 5.74) is 0.812. The standard InChI is InChI=1S/C18H12Cl2FN3O2/c1-24-7-6-22-17(24)16(25)10-2-4-11(5-3-10)23-18(26)12-8-15(21)14(20)9-13(12)19/h2-9H,1H3,(H,23,26). The summed E-state index contributed by atoms with van der Waals surface area (Å²) in [7, 11) is 1.73. The second-order valence-corrected chi connectivity index (χ2v) is 6.28. The normalized spacial score (nSPS) is 10.6. The summed E-state index contributed by atoms with van der Waals surface area (Å²) < 4.78 is 15.2. The Hall–Kier alpha value is -2.70. The van der Waals surface area contributed by atoms with E-state index in [2.05, 4.69) is 10.3 Å². The van der Waals surface area contributed by atoms with Gasteiger partial charge in [-0.3, -0.25) is 9.59 Å². The Morgan fingerprint density at radius 2 is 1.81 bits per heavy atom. The van der Waals surface area contributed by atoms with Gasteiger partial charge in [0.2, 0.25) is 5.78 Å². The molecule has 0 aliphatic rings. The van der Waals surface area contributed by atoms with Gasteiger partial charge in [-0.15, -0.1) is 0 Å². The molecule has 3 aromatic rings. The highest BCUT2D eigenvalue weighted by Crippen LogP contribution is 2.25. The minimum absolute atomic E-state index is 0.0375. The Morgan fingerprint density at radius 1 is 1.12 bits per heavy atom. The van der Waals surface area contributed by atoms with Gasteiger partial charge in [0.1, 0.15) is 5.82 Å². The number of aryl methyl sites for hydroxylation is 1. The average Bonchev–Trinajstić information content (AvgIpc) is 3.04. The maximum absolute atomic E-state index is 13.6. The van der Waals surface area contributed by atoms with Crippen LogP contribution in [0.15, 0.2) is 48.8 Å². The Bertz CT molecular complexity index is 1000. The van der Waals surface area contributed by atoms with E-state index >= 15 is 0 Å². The highest BCUT2D eigenvalue weighted by molar-refractivity contribution is 6.37. The number of ketones is 1. The van der Waals surface area contributed by atoms with Crippen LogP contribution in [0.1, 0.15) is 26.5 Å². The SMILES string of the molecule is Cn1ccnc1C(=O)c1ccc(NC(=O)c2cc(F)c(Cl)cc2Cl)cc1. The molecule has 0 unspecified atom stereocenters. The number of carbonyl (C=O) groups is 2. The molecule has 1 amide bonds. The highest BCUT2D eigenvalue weighted by Gasteiger charge is 2.16. The first kappa shape index (κ1) is 18.1. The van der Waals surface area contributed by atoms with Gasteiger partial charge in [-0.25, -0.2) is 9.37 Å². The number of amides is 1. The molecule has 0 atom stereocenters. The number of benzene rings is 2. The molecule has 3 rings (SSSR count). The quantitative estimate of drug-likeness (QED) is 0.531. The van der Waals surface area contributed by atoms with E-state index in [0.717, 1.165) is 6.07 Å². The van der Waals surface area contributed by atoms with Crippen LogP contribution in [0.5, 0.6) is 0 Å². The molecular formula is C18H12Cl2FN3O2. The maximum Gasteiger partial charge on any atom is 0.257 e. The van der Waals surface area contributed by atoms with Crippen molar-refractivity contribution in [2.45, 2.75) is 0 Å². The lowest BCUT2D eigenvalue weighted by Crippen LogP contribution is -2.13. The molecule has 1 heterocycles. The number of aromatic nitrogens is 2. The van der Waals surface area contributed by atoms with Crippen molar-refractivity contribution >= 4 is 40.6 Å². The number of nitrogens with one attached hydrogen (secondary N) is 1. The summed E-state index contributed by atoms with van der Waals surface area (Å²) in [5.74, 6) is -1.26. The largest absolute Gasteiger partial charge is 0.331 e. The van der Waals surface area contributed by atoms with E-state index in [1.165, 1.54) is 12.3 Å². The molecule has 132 valence electrons. The summed E-state index contributed by atoms with van der Waals surface area (Å²) in [6.07, 6.45) is 3.22. The second-order valence-electron chi connectivity index (χ2n) is 5.47. The van der Waals surface area contributed by atoms with Gasteiger partial charge in [-0.1, -0.05) is 23.2 Å². The van der Waals surface area contributed by atoms with Gasteiger partial charge in [0.15, 0.2) is 5.82 Å². The Morgan fingerprint density at radius 3 is 2.42 bits per heavy atom. The van der Waals surface area contributed by atoms with E-state index in [9.17, 15) is 14.0 Å². The van der Waals surface area contributed by atoms with Gasteiger partial charge in [0, 0.05) is 30.7 Å². The lowest BCUT2D eigenvalue weighted by molar-refractivity contribution is 0.102. The molecule has 0 spiro atoms. The molecule has 0 fully saturated rings. The number of anilines is 1. The van der Waals surface area contributed by atoms with Crippen molar-refractivity contribution in [1.29, 1.82) is 0 Å². The zero-order valence-electron chi connectivity index (χ0n) is 13.5. The second kappa shape index (κ2) is 7.27. The minimum Gasteiger partial charge on any atom is -0.331 e. The van der Waals surface area contributed by atoms with Crippen LogP contribution in [0.2, 0.25) is 10.0 Å². The van der Waals surface area contributed by atoms with Crippen LogP contribution < -0.4 is 5.32 Å². The number of hydrogen-bond donors (Lipinski definition) is 1. The zero-order valence-corrected chi connectivity index (χ0v) is 15.0. The number of carbonyl (C=O) groups excluding carboxylic acids is 2. The van der Waals surface area contributed by atoms with Crippen molar-refractivity contribution in [2.24, 2.45) is 7.05 Å². The fraction of sp³-hybridized carbons (Fsp3) is 0.0556. The van der Waals surface area contributed by atoms with E-state index in [4.69, 9.17) is 23.2 Å². The molecule has 0 radical (unpaired) electrons. The molecule has 1 N–H and O–H groups in total. The number of hydrogen-bond acceptors (Lipinski definition) is 3. The summed E-state index contributed by atoms with van der Waals surface area (Å²) >= 11 is 11.6. The van der Waals surface area contributed by atoms with E-state index in [-0.39, 0.29) is 21.4 Å². The zero-order chi connectivity index (χ0) is 18.8. The molecule has 0 saturated carbocycles. The minimum atomic E-state index is -0.739. The fourth-order valence-corrected chi connectivity index (χ4v) is 2.78. The molecular weight excluding hydrogens is 380 g/mol. The predicted molar refractivity (Wildman–Crippen MR) is 97.5 cm³/mol. The Kier molecular flexibility index (Phi) is 5.06. The van der Waals surface area contributed by atoms with Crippen LogP contribution in [0.3, 0.4) is 0 Å². The topological polar surface area (TPSA) is 64.0 Å². The average molecular weight is 392 g/mol. The first-order chi connectivity index (χ1) is 12.4. The first-order valence-corrected chi connectivity index (χ1v) is 8.20. The molecule has 26 heavy (non-hydrogen) atoms. The van der Waals surface area contributed by atoms with E-state index in [0.29, 0.717) is 17.1 Å². The van der Waals surface area contributed by atoms with Crippen molar-refractivity contribution < 1.29 is 14.0 Å². The van der Waals surface area contributed by atoms with Crippen molar-refractivity contribution in [1.82, 2.24) is 9.55 Å². The number of imidazole rings is 1. The van der Waals surface area contributed by atoms with Crippen molar-refractivity contribution in [3.8, 4) is 0 Å². The lowest BCUT2D eigenvalue weighted by Gasteiger charge is -2.08. The fourth-order valence-electron chi connectivity index (χ4n) is 2.31. The maximum atomic E-state index is 13.6. The highest BCUT2D eigenvalue weighted by atomic mass is 35.5. The van der Waals surface area contributed by atoms with Gasteiger partial charge in [0.25, 0.3) is 5.91 Å². The Labute approximate surface area is 158 Å². The van der Waals surface area contributed by atoms with Crippen molar-refractivity contribution in [3.63, 3.8) is 0 Å². The smallest absolute Gasteiger partial charge is 0.257 e. The first-order valence-electron chi connectivity index (χ1n) is 7.45. The van der Waals surface area contributed by atoms with Crippen LogP contribution in [0.4, 0.5) is 10.1 Å². The number of halogens is 3. The Balaban J connectivity index is 1.77. The molecule has 0 saturated heterocycles. The third kappa shape index (κ3) is 3.61. The lowest BCUT2D eigenvalue weighted by atomic mass is 10.1. The number of rotatable bonds is 4. The van der Waals surface area contributed by atoms with Gasteiger partial charge in [-0.2, -0.15) is 0 Å². The molecule has 0 aliphatic carbocycles. The van der Waals surface area contributed by atoms with E-state index in [1.54, 1.807) is 42.1 Å². The summed E-state index contributed by atoms with van der Waals surface area (Å²) in [5, 5.41) is 2.47. The van der Waals surface area contributed by atoms with Gasteiger partial charge in [-0.05, 0) is 36.4 Å². The molecule has 0 bridgehead atoms. The van der Waals surface area contributed by atoms with Gasteiger partial charge in [0.05, 0.1) is 15.6 Å². The number of nitrogens with zero attached hydrogens (tertiary/aromatic N) is 2. The van der Waals surface area contributed by atoms with Crippen LogP contribution in [0, 0.1) is 5.82 Å². The van der Waals surface area contributed by atoms with Crippen LogP contribution in [0.25, 0.3) is 0 Å². The van der Waals surface area contributed by atoms with Crippen molar-refractivity contribution in [3.05, 3.63) is 81.6 Å². The monoisotopic (exact) mass is 391 g/mol. The van der Waals surface area contributed by atoms with E-state index < -0.39 is 11.7 Å². The molecule has 2 aromatic carbocycles. The van der Waals surface area contributed by atoms with Crippen LogP contribution in [-0.4, -0.2) is 21.2 Å². The summed E-state index contributed by atoms with van der Waals surface area (Å²) in [6.45, 7) is 0. The summed E-state index contributed by atoms with van der Waals surface area (Å²) in [4.78, 5) is 28.6. The van der Waals surface area contributed by atoms with Gasteiger partial charge < -0.3 is 9.88 Å². The predicted octanol–water partition coefficient (Wildman–Crippen LogP) is 4.35.